The minimum absolute atomic E-state index is 0.0724. The molecule has 104 valence electrons. The van der Waals surface area contributed by atoms with E-state index < -0.39 is 9.84 Å². The van der Waals surface area contributed by atoms with Gasteiger partial charge in [-0.2, -0.15) is 17.0 Å². The van der Waals surface area contributed by atoms with E-state index in [0.717, 1.165) is 12.2 Å². The fraction of sp³-hybridized carbons (Fsp3) is 0.462. The molecule has 0 aliphatic carbocycles. The molecule has 0 radical (unpaired) electrons. The molecular formula is C13H18N2O2S2. The summed E-state index contributed by atoms with van der Waals surface area (Å²) in [4.78, 5) is 0.215. The van der Waals surface area contributed by atoms with Crippen molar-refractivity contribution in [2.75, 3.05) is 17.3 Å². The molecule has 0 heterocycles. The molecule has 0 aliphatic rings. The van der Waals surface area contributed by atoms with Crippen LogP contribution in [0.3, 0.4) is 0 Å². The number of sulfone groups is 1. The molecule has 0 saturated heterocycles. The molecule has 1 aromatic carbocycles. The summed E-state index contributed by atoms with van der Waals surface area (Å²) in [6, 6.07) is 8.18. The second-order valence-electron chi connectivity index (χ2n) is 4.20. The van der Waals surface area contributed by atoms with Crippen LogP contribution < -0.4 is 5.73 Å². The number of hydrogen-bond donors (Lipinski definition) is 1. The van der Waals surface area contributed by atoms with Crippen LogP contribution in [0.15, 0.2) is 29.2 Å². The molecule has 0 amide bonds. The van der Waals surface area contributed by atoms with Crippen molar-refractivity contribution in [3.05, 3.63) is 29.8 Å². The second kappa shape index (κ2) is 7.53. The van der Waals surface area contributed by atoms with Gasteiger partial charge in [0.25, 0.3) is 0 Å². The molecule has 6 heteroatoms. The first-order valence-electron chi connectivity index (χ1n) is 6.06. The van der Waals surface area contributed by atoms with Crippen molar-refractivity contribution in [2.24, 2.45) is 5.73 Å². The molecule has 4 nitrogen and oxygen atoms in total. The molecule has 0 fully saturated rings. The van der Waals surface area contributed by atoms with Crippen LogP contribution in [0.1, 0.15) is 18.9 Å². The summed E-state index contributed by atoms with van der Waals surface area (Å²) in [7, 11) is -3.31. The van der Waals surface area contributed by atoms with Crippen molar-refractivity contribution in [1.29, 1.82) is 5.26 Å². The van der Waals surface area contributed by atoms with Crippen molar-refractivity contribution >= 4 is 21.6 Å². The van der Waals surface area contributed by atoms with Crippen LogP contribution in [0.2, 0.25) is 0 Å². The fourth-order valence-corrected chi connectivity index (χ4v) is 4.28. The first-order chi connectivity index (χ1) is 8.99. The van der Waals surface area contributed by atoms with Crippen LogP contribution in [0.25, 0.3) is 0 Å². The van der Waals surface area contributed by atoms with Crippen molar-refractivity contribution in [3.8, 4) is 6.07 Å². The number of nitrogens with two attached hydrogens (primary N) is 1. The maximum atomic E-state index is 12.1. The monoisotopic (exact) mass is 298 g/mol. The van der Waals surface area contributed by atoms with E-state index in [-0.39, 0.29) is 16.7 Å². The van der Waals surface area contributed by atoms with Crippen molar-refractivity contribution in [1.82, 2.24) is 0 Å². The predicted molar refractivity (Wildman–Crippen MR) is 78.8 cm³/mol. The van der Waals surface area contributed by atoms with E-state index in [1.807, 2.05) is 13.0 Å². The summed E-state index contributed by atoms with van der Waals surface area (Å²) < 4.78 is 24.1. The van der Waals surface area contributed by atoms with E-state index in [0.29, 0.717) is 11.3 Å². The molecule has 0 aliphatic heterocycles. The molecule has 0 bridgehead atoms. The molecule has 0 spiro atoms. The Morgan fingerprint density at radius 3 is 2.84 bits per heavy atom. The van der Waals surface area contributed by atoms with E-state index in [1.54, 1.807) is 23.9 Å². The third-order valence-corrected chi connectivity index (χ3v) is 5.80. The Morgan fingerprint density at radius 2 is 2.21 bits per heavy atom. The molecule has 0 saturated carbocycles. The molecule has 0 aromatic heterocycles. The van der Waals surface area contributed by atoms with E-state index in [9.17, 15) is 8.42 Å². The highest BCUT2D eigenvalue weighted by Gasteiger charge is 2.14. The molecule has 1 unspecified atom stereocenters. The van der Waals surface area contributed by atoms with Crippen molar-refractivity contribution in [2.45, 2.75) is 24.3 Å². The summed E-state index contributed by atoms with van der Waals surface area (Å²) in [6.45, 7) is 2.01. The van der Waals surface area contributed by atoms with E-state index in [1.165, 1.54) is 12.1 Å². The van der Waals surface area contributed by atoms with Crippen LogP contribution in [-0.4, -0.2) is 31.7 Å². The standard InChI is InChI=1S/C13H18N2O2S2/c1-2-12(15)10-18-6-7-19(16,17)13-5-3-4-11(8-13)9-14/h3-5,8,12H,2,6-7,10,15H2,1H3. The van der Waals surface area contributed by atoms with Gasteiger partial charge in [0.15, 0.2) is 9.84 Å². The number of hydrogen-bond acceptors (Lipinski definition) is 5. The lowest BCUT2D eigenvalue weighted by atomic mass is 10.2. The zero-order chi connectivity index (χ0) is 14.3. The lowest BCUT2D eigenvalue weighted by Crippen LogP contribution is -2.22. The van der Waals surface area contributed by atoms with Crippen LogP contribution in [0, 0.1) is 11.3 Å². The Labute approximate surface area is 118 Å². The molecular weight excluding hydrogens is 280 g/mol. The normalized spacial score (nSPS) is 12.9. The molecule has 1 atom stereocenters. The van der Waals surface area contributed by atoms with Gasteiger partial charge in [-0.25, -0.2) is 8.42 Å². The number of nitrogens with zero attached hydrogens (tertiary/aromatic N) is 1. The highest BCUT2D eigenvalue weighted by atomic mass is 32.2. The third-order valence-electron chi connectivity index (χ3n) is 2.67. The van der Waals surface area contributed by atoms with Crippen LogP contribution in [-0.2, 0) is 9.84 Å². The van der Waals surface area contributed by atoms with Gasteiger partial charge in [-0.1, -0.05) is 13.0 Å². The smallest absolute Gasteiger partial charge is 0.179 e. The van der Waals surface area contributed by atoms with Gasteiger partial charge >= 0.3 is 0 Å². The summed E-state index contributed by atoms with van der Waals surface area (Å²) in [6.07, 6.45) is 0.893. The van der Waals surface area contributed by atoms with Crippen LogP contribution in [0.5, 0.6) is 0 Å². The number of nitriles is 1. The number of rotatable bonds is 7. The molecule has 1 rings (SSSR count). The average Bonchev–Trinajstić information content (AvgIpc) is 2.43. The minimum Gasteiger partial charge on any atom is -0.327 e. The van der Waals surface area contributed by atoms with E-state index in [2.05, 4.69) is 0 Å². The largest absolute Gasteiger partial charge is 0.327 e. The molecule has 2 N–H and O–H groups in total. The van der Waals surface area contributed by atoms with Gasteiger partial charge in [0.1, 0.15) is 0 Å². The highest BCUT2D eigenvalue weighted by molar-refractivity contribution is 8.00. The minimum atomic E-state index is -3.31. The summed E-state index contributed by atoms with van der Waals surface area (Å²) >= 11 is 1.55. The van der Waals surface area contributed by atoms with Gasteiger partial charge in [0, 0.05) is 17.5 Å². The fourth-order valence-electron chi connectivity index (χ4n) is 1.40. The molecule has 1 aromatic rings. The van der Waals surface area contributed by atoms with E-state index in [4.69, 9.17) is 11.0 Å². The second-order valence-corrected chi connectivity index (χ2v) is 7.46. The lowest BCUT2D eigenvalue weighted by molar-refractivity contribution is 0.597. The Kier molecular flexibility index (Phi) is 6.35. The molecule has 19 heavy (non-hydrogen) atoms. The average molecular weight is 298 g/mol. The SMILES string of the molecule is CCC(N)CSCCS(=O)(=O)c1cccc(C#N)c1. The number of benzene rings is 1. The zero-order valence-electron chi connectivity index (χ0n) is 10.9. The lowest BCUT2D eigenvalue weighted by Gasteiger charge is -2.08. The maximum Gasteiger partial charge on any atom is 0.179 e. The Bertz CT molecular complexity index is 550. The van der Waals surface area contributed by atoms with Gasteiger partial charge in [-0.05, 0) is 24.6 Å². The van der Waals surface area contributed by atoms with Gasteiger partial charge < -0.3 is 5.73 Å². The summed E-state index contributed by atoms with van der Waals surface area (Å²) in [5, 5.41) is 8.77. The van der Waals surface area contributed by atoms with Crippen LogP contribution in [0.4, 0.5) is 0 Å². The van der Waals surface area contributed by atoms with Crippen molar-refractivity contribution < 1.29 is 8.42 Å². The van der Waals surface area contributed by atoms with E-state index >= 15 is 0 Å². The quantitative estimate of drug-likeness (QED) is 0.776. The van der Waals surface area contributed by atoms with Gasteiger partial charge in [0.05, 0.1) is 22.3 Å². The first kappa shape index (κ1) is 16.0. The van der Waals surface area contributed by atoms with Gasteiger partial charge in [-0.15, -0.1) is 0 Å². The topological polar surface area (TPSA) is 84.0 Å². The summed E-state index contributed by atoms with van der Waals surface area (Å²) in [5.74, 6) is 1.36. The third kappa shape index (κ3) is 5.23. The highest BCUT2D eigenvalue weighted by Crippen LogP contribution is 2.15. The van der Waals surface area contributed by atoms with Gasteiger partial charge in [0.2, 0.25) is 0 Å². The Morgan fingerprint density at radius 1 is 1.47 bits per heavy atom. The zero-order valence-corrected chi connectivity index (χ0v) is 12.5. The van der Waals surface area contributed by atoms with Crippen LogP contribution >= 0.6 is 11.8 Å². The first-order valence-corrected chi connectivity index (χ1v) is 8.86. The Hall–Kier alpha value is -1.03. The summed E-state index contributed by atoms with van der Waals surface area (Å²) in [5.41, 5.74) is 6.13. The van der Waals surface area contributed by atoms with Crippen molar-refractivity contribution in [3.63, 3.8) is 0 Å². The maximum absolute atomic E-state index is 12.1. The Balaban J connectivity index is 2.59. The predicted octanol–water partition coefficient (Wildman–Crippen LogP) is 1.80. The number of thioether (sulfide) groups is 1. The van der Waals surface area contributed by atoms with Gasteiger partial charge in [-0.3, -0.25) is 0 Å².